The molecule has 1 fully saturated rings. The molecule has 5 nitrogen and oxygen atoms in total. The maximum absolute atomic E-state index is 9.03. The molecular formula is C11H19N5. The van der Waals surface area contributed by atoms with Crippen molar-refractivity contribution in [1.29, 1.82) is 10.5 Å². The van der Waals surface area contributed by atoms with Crippen LogP contribution in [0.4, 0.5) is 0 Å². The third kappa shape index (κ3) is 2.20. The van der Waals surface area contributed by atoms with Gasteiger partial charge in [0, 0.05) is 26.6 Å². The molecule has 0 saturated carbocycles. The van der Waals surface area contributed by atoms with Crippen LogP contribution in [0, 0.1) is 22.9 Å². The van der Waals surface area contributed by atoms with Gasteiger partial charge in [-0.25, -0.2) is 0 Å². The molecule has 0 spiro atoms. The van der Waals surface area contributed by atoms with Gasteiger partial charge >= 0.3 is 0 Å². The van der Waals surface area contributed by atoms with E-state index in [1.54, 1.807) is 11.9 Å². The van der Waals surface area contributed by atoms with E-state index in [1.165, 1.54) is 0 Å². The number of likely N-dealkylation sites (tertiary alicyclic amines) is 1. The monoisotopic (exact) mass is 221 g/mol. The van der Waals surface area contributed by atoms with E-state index in [-0.39, 0.29) is 0 Å². The Balaban J connectivity index is 2.82. The summed E-state index contributed by atoms with van der Waals surface area (Å²) in [6.45, 7) is 4.02. The van der Waals surface area contributed by atoms with Crippen LogP contribution in [0.5, 0.6) is 0 Å². The maximum atomic E-state index is 9.03. The Kier molecular flexibility index (Phi) is 4.39. The van der Waals surface area contributed by atoms with E-state index in [9.17, 15) is 0 Å². The molecule has 1 aliphatic heterocycles. The van der Waals surface area contributed by atoms with Crippen LogP contribution in [0.3, 0.4) is 0 Å². The number of nitrogens with one attached hydrogen (secondary N) is 1. The third-order valence-electron chi connectivity index (χ3n) is 3.22. The highest BCUT2D eigenvalue weighted by Gasteiger charge is 2.44. The van der Waals surface area contributed by atoms with Crippen LogP contribution in [-0.2, 0) is 0 Å². The number of hydrogen-bond acceptors (Lipinski definition) is 5. The highest BCUT2D eigenvalue weighted by molar-refractivity contribution is 5.00. The predicted molar refractivity (Wildman–Crippen MR) is 60.6 cm³/mol. The van der Waals surface area contributed by atoms with Crippen LogP contribution in [0.1, 0.15) is 32.6 Å². The van der Waals surface area contributed by atoms with Crippen LogP contribution < -0.4 is 5.32 Å². The summed E-state index contributed by atoms with van der Waals surface area (Å²) in [5.41, 5.74) is 0. The van der Waals surface area contributed by atoms with Crippen molar-refractivity contribution < 1.29 is 0 Å². The van der Waals surface area contributed by atoms with Gasteiger partial charge < -0.3 is 0 Å². The van der Waals surface area contributed by atoms with Crippen molar-refractivity contribution in [3.05, 3.63) is 0 Å². The van der Waals surface area contributed by atoms with Gasteiger partial charge in [-0.1, -0.05) is 13.3 Å². The zero-order valence-electron chi connectivity index (χ0n) is 10.0. The zero-order chi connectivity index (χ0) is 12.0. The first-order valence-electron chi connectivity index (χ1n) is 5.76. The third-order valence-corrected chi connectivity index (χ3v) is 3.22. The second-order valence-electron chi connectivity index (χ2n) is 4.16. The van der Waals surface area contributed by atoms with Crippen LogP contribution in [0.2, 0.25) is 0 Å². The molecule has 0 aromatic rings. The van der Waals surface area contributed by atoms with Crippen LogP contribution in [0.15, 0.2) is 0 Å². The van der Waals surface area contributed by atoms with Gasteiger partial charge in [0.2, 0.25) is 0 Å². The molecule has 0 bridgehead atoms. The number of nitrogens with zero attached hydrogens (tertiary/aromatic N) is 4. The average molecular weight is 221 g/mol. The second-order valence-corrected chi connectivity index (χ2v) is 4.16. The first kappa shape index (κ1) is 12.6. The molecule has 0 aliphatic carbocycles. The van der Waals surface area contributed by atoms with Crippen molar-refractivity contribution in [1.82, 2.24) is 15.1 Å². The molecule has 1 N–H and O–H groups in total. The molecule has 1 aliphatic rings. The summed E-state index contributed by atoms with van der Waals surface area (Å²) in [4.78, 5) is 3.75. The largest absolute Gasteiger partial charge is 0.286 e. The molecule has 0 aromatic heterocycles. The summed E-state index contributed by atoms with van der Waals surface area (Å²) in [5, 5.41) is 20.7. The van der Waals surface area contributed by atoms with Gasteiger partial charge in [-0.15, -0.1) is 0 Å². The Morgan fingerprint density at radius 2 is 2.25 bits per heavy atom. The number of nitriles is 2. The van der Waals surface area contributed by atoms with Gasteiger partial charge in [0.1, 0.15) is 0 Å². The summed E-state index contributed by atoms with van der Waals surface area (Å²) >= 11 is 0. The van der Waals surface area contributed by atoms with Crippen molar-refractivity contribution in [2.45, 2.75) is 38.4 Å². The van der Waals surface area contributed by atoms with E-state index in [2.05, 4.69) is 23.3 Å². The normalized spacial score (nSPS) is 24.8. The fourth-order valence-electron chi connectivity index (χ4n) is 2.28. The van der Waals surface area contributed by atoms with Crippen LogP contribution in [-0.4, -0.2) is 35.7 Å². The van der Waals surface area contributed by atoms with Crippen LogP contribution >= 0.6 is 0 Å². The van der Waals surface area contributed by atoms with Crippen molar-refractivity contribution in [2.75, 3.05) is 20.1 Å². The fraction of sp³-hybridized carbons (Fsp3) is 0.818. The molecule has 0 aromatic carbocycles. The highest BCUT2D eigenvalue weighted by Crippen LogP contribution is 2.29. The number of rotatable bonds is 5. The minimum atomic E-state index is -0.585. The Hall–Kier alpha value is -1.46. The molecule has 5 heteroatoms. The van der Waals surface area contributed by atoms with E-state index >= 15 is 0 Å². The minimum absolute atomic E-state index is 0.585. The molecule has 1 unspecified atom stereocenters. The highest BCUT2D eigenvalue weighted by atomic mass is 15.5. The lowest BCUT2D eigenvalue weighted by atomic mass is 10.2. The van der Waals surface area contributed by atoms with E-state index in [4.69, 9.17) is 10.5 Å². The molecule has 0 amide bonds. The first-order chi connectivity index (χ1) is 7.71. The molecule has 0 radical (unpaired) electrons. The maximum Gasteiger partial charge on any atom is 0.185 e. The molecule has 1 rings (SSSR count). The lowest BCUT2D eigenvalue weighted by Crippen LogP contribution is -2.62. The average Bonchev–Trinajstić information content (AvgIpc) is 2.70. The summed E-state index contributed by atoms with van der Waals surface area (Å²) in [6, 6.07) is 0. The van der Waals surface area contributed by atoms with E-state index < -0.39 is 5.79 Å². The Morgan fingerprint density at radius 1 is 1.50 bits per heavy atom. The van der Waals surface area contributed by atoms with Gasteiger partial charge in [0.15, 0.2) is 18.2 Å². The Labute approximate surface area is 97.2 Å². The van der Waals surface area contributed by atoms with Crippen molar-refractivity contribution in [2.24, 2.45) is 0 Å². The van der Waals surface area contributed by atoms with Gasteiger partial charge in [0.05, 0.1) is 0 Å². The molecule has 88 valence electrons. The van der Waals surface area contributed by atoms with Gasteiger partial charge in [-0.05, 0) is 12.8 Å². The Morgan fingerprint density at radius 3 is 2.81 bits per heavy atom. The quantitative estimate of drug-likeness (QED) is 0.426. The second kappa shape index (κ2) is 5.58. The molecular weight excluding hydrogens is 202 g/mol. The lowest BCUT2D eigenvalue weighted by Gasteiger charge is -2.41. The van der Waals surface area contributed by atoms with E-state index in [0.717, 1.165) is 38.8 Å². The van der Waals surface area contributed by atoms with Gasteiger partial charge in [-0.2, -0.15) is 10.5 Å². The molecule has 1 saturated heterocycles. The molecule has 1 heterocycles. The van der Waals surface area contributed by atoms with Gasteiger partial charge in [0.25, 0.3) is 0 Å². The fourth-order valence-corrected chi connectivity index (χ4v) is 2.28. The summed E-state index contributed by atoms with van der Waals surface area (Å²) in [5.74, 6) is -0.585. The summed E-state index contributed by atoms with van der Waals surface area (Å²) in [6.07, 6.45) is 8.15. The first-order valence-corrected chi connectivity index (χ1v) is 5.76. The topological polar surface area (TPSA) is 66.1 Å². The number of unbranched alkanes of at least 4 members (excludes halogenated alkanes) is 1. The Bertz CT molecular complexity index is 302. The summed E-state index contributed by atoms with van der Waals surface area (Å²) < 4.78 is 0. The minimum Gasteiger partial charge on any atom is -0.286 e. The van der Waals surface area contributed by atoms with E-state index in [1.807, 2.05) is 6.19 Å². The molecule has 16 heavy (non-hydrogen) atoms. The van der Waals surface area contributed by atoms with Crippen molar-refractivity contribution in [3.8, 4) is 12.4 Å². The van der Waals surface area contributed by atoms with Crippen molar-refractivity contribution in [3.63, 3.8) is 0 Å². The SMILES string of the molecule is CCCCN1CCCC1(NC#N)N(C)C#N. The lowest BCUT2D eigenvalue weighted by molar-refractivity contribution is 0.00327. The number of hydrogen-bond donors (Lipinski definition) is 1. The zero-order valence-corrected chi connectivity index (χ0v) is 10.0. The summed E-state index contributed by atoms with van der Waals surface area (Å²) in [7, 11) is 1.73. The van der Waals surface area contributed by atoms with E-state index in [0.29, 0.717) is 0 Å². The standard InChI is InChI=1S/C11H19N5/c1-3-4-7-16-8-5-6-11(16,14-9-12)15(2)10-13/h14H,3-8H2,1-2H3. The smallest absolute Gasteiger partial charge is 0.185 e. The molecule has 1 atom stereocenters. The van der Waals surface area contributed by atoms with Crippen molar-refractivity contribution >= 4 is 0 Å². The predicted octanol–water partition coefficient (Wildman–Crippen LogP) is 1.02. The van der Waals surface area contributed by atoms with Crippen LogP contribution in [0.25, 0.3) is 0 Å². The van der Waals surface area contributed by atoms with Gasteiger partial charge in [-0.3, -0.25) is 15.1 Å².